The van der Waals surface area contributed by atoms with Crippen molar-refractivity contribution in [3.63, 3.8) is 0 Å². The van der Waals surface area contributed by atoms with Gasteiger partial charge in [0.1, 0.15) is 0 Å². The zero-order valence-electron chi connectivity index (χ0n) is 11.8. The van der Waals surface area contributed by atoms with Gasteiger partial charge in [-0.3, -0.25) is 4.79 Å². The Kier molecular flexibility index (Phi) is 4.73. The average molecular weight is 303 g/mol. The molecule has 0 unspecified atom stereocenters. The fraction of sp³-hybridized carbons (Fsp3) is 0.188. The summed E-state index contributed by atoms with van der Waals surface area (Å²) in [5.74, 6) is -1.23. The molecule has 6 heteroatoms. The molecule has 0 aromatic heterocycles. The van der Waals surface area contributed by atoms with E-state index in [1.54, 1.807) is 18.2 Å². The Morgan fingerprint density at radius 2 is 1.73 bits per heavy atom. The zero-order valence-corrected chi connectivity index (χ0v) is 11.8. The maximum atomic E-state index is 11.8. The van der Waals surface area contributed by atoms with E-state index in [1.165, 1.54) is 18.2 Å². The first kappa shape index (κ1) is 15.5. The van der Waals surface area contributed by atoms with E-state index in [2.05, 4.69) is 5.32 Å². The van der Waals surface area contributed by atoms with Crippen LogP contribution in [0.1, 0.15) is 11.1 Å². The minimum absolute atomic E-state index is 0.0406. The van der Waals surface area contributed by atoms with E-state index in [0.29, 0.717) is 18.5 Å². The number of hydrogen-bond donors (Lipinski definition) is 5. The van der Waals surface area contributed by atoms with Crippen LogP contribution in [0.25, 0.3) is 0 Å². The summed E-state index contributed by atoms with van der Waals surface area (Å²) in [6, 6.07) is 8.93. The fourth-order valence-electron chi connectivity index (χ4n) is 2.03. The molecule has 0 aliphatic heterocycles. The van der Waals surface area contributed by atoms with Gasteiger partial charge >= 0.3 is 0 Å². The summed E-state index contributed by atoms with van der Waals surface area (Å²) >= 11 is 0. The third-order valence-electron chi connectivity index (χ3n) is 3.22. The third-order valence-corrected chi connectivity index (χ3v) is 3.22. The molecule has 2 rings (SSSR count). The minimum atomic E-state index is -0.291. The molecular formula is C16H17NO5. The van der Waals surface area contributed by atoms with Crippen LogP contribution < -0.4 is 5.32 Å². The molecule has 5 N–H and O–H groups in total. The molecule has 0 aliphatic rings. The number of nitrogens with one attached hydrogen (secondary N) is 1. The third kappa shape index (κ3) is 3.82. The van der Waals surface area contributed by atoms with Gasteiger partial charge in [-0.05, 0) is 30.2 Å². The standard InChI is InChI=1S/C16H17NO5/c18-12-5-4-10(8-14(12)20)6-7-17-15(21)9-11-2-1-3-13(19)16(11)22/h1-5,8,18-20,22H,6-7,9H2,(H,17,21). The molecule has 0 fully saturated rings. The monoisotopic (exact) mass is 303 g/mol. The molecular weight excluding hydrogens is 286 g/mol. The van der Waals surface area contributed by atoms with Crippen LogP contribution in [0.5, 0.6) is 23.0 Å². The molecule has 0 bridgehead atoms. The molecule has 0 heterocycles. The topological polar surface area (TPSA) is 110 Å². The summed E-state index contributed by atoms with van der Waals surface area (Å²) in [4.78, 5) is 11.8. The molecule has 0 atom stereocenters. The van der Waals surface area contributed by atoms with Gasteiger partial charge in [-0.1, -0.05) is 18.2 Å². The van der Waals surface area contributed by atoms with Crippen molar-refractivity contribution in [1.29, 1.82) is 0 Å². The van der Waals surface area contributed by atoms with Crippen LogP contribution in [0, 0.1) is 0 Å². The van der Waals surface area contributed by atoms with Crippen molar-refractivity contribution in [2.45, 2.75) is 12.8 Å². The first-order valence-electron chi connectivity index (χ1n) is 6.74. The number of amides is 1. The highest BCUT2D eigenvalue weighted by Gasteiger charge is 2.10. The van der Waals surface area contributed by atoms with Crippen molar-refractivity contribution in [2.75, 3.05) is 6.54 Å². The summed E-state index contributed by atoms with van der Waals surface area (Å²) in [5, 5.41) is 40.2. The molecule has 1 amide bonds. The quantitative estimate of drug-likeness (QED) is 0.536. The molecule has 116 valence electrons. The van der Waals surface area contributed by atoms with Crippen molar-refractivity contribution in [3.05, 3.63) is 47.5 Å². The van der Waals surface area contributed by atoms with E-state index in [-0.39, 0.29) is 35.3 Å². The lowest BCUT2D eigenvalue weighted by molar-refractivity contribution is -0.120. The van der Waals surface area contributed by atoms with Gasteiger partial charge in [0.25, 0.3) is 0 Å². The van der Waals surface area contributed by atoms with Crippen LogP contribution in [0.15, 0.2) is 36.4 Å². The van der Waals surface area contributed by atoms with Gasteiger partial charge in [0.15, 0.2) is 23.0 Å². The van der Waals surface area contributed by atoms with Crippen LogP contribution >= 0.6 is 0 Å². The predicted octanol–water partition coefficient (Wildman–Crippen LogP) is 1.41. The summed E-state index contributed by atoms with van der Waals surface area (Å²) in [5.41, 5.74) is 1.12. The van der Waals surface area contributed by atoms with Gasteiger partial charge in [-0.2, -0.15) is 0 Å². The second-order valence-corrected chi connectivity index (χ2v) is 4.88. The zero-order chi connectivity index (χ0) is 16.1. The molecule has 0 aliphatic carbocycles. The van der Waals surface area contributed by atoms with Crippen molar-refractivity contribution in [1.82, 2.24) is 5.32 Å². The van der Waals surface area contributed by atoms with Crippen molar-refractivity contribution in [3.8, 4) is 23.0 Å². The summed E-state index contributed by atoms with van der Waals surface area (Å²) < 4.78 is 0. The summed E-state index contributed by atoms with van der Waals surface area (Å²) in [6.07, 6.45) is 0.451. The largest absolute Gasteiger partial charge is 0.504 e. The van der Waals surface area contributed by atoms with Crippen LogP contribution in [0.2, 0.25) is 0 Å². The Morgan fingerprint density at radius 3 is 2.45 bits per heavy atom. The highest BCUT2D eigenvalue weighted by Crippen LogP contribution is 2.28. The van der Waals surface area contributed by atoms with E-state index in [4.69, 9.17) is 0 Å². The number of benzene rings is 2. The van der Waals surface area contributed by atoms with Gasteiger partial charge in [0.05, 0.1) is 6.42 Å². The number of hydrogen-bond acceptors (Lipinski definition) is 5. The Balaban J connectivity index is 1.85. The number of phenols is 4. The second kappa shape index (κ2) is 6.71. The number of rotatable bonds is 5. The van der Waals surface area contributed by atoms with Crippen LogP contribution in [0.4, 0.5) is 0 Å². The lowest BCUT2D eigenvalue weighted by Gasteiger charge is -2.08. The number of carbonyl (C=O) groups excluding carboxylic acids is 1. The molecule has 22 heavy (non-hydrogen) atoms. The number of para-hydroxylation sites is 1. The van der Waals surface area contributed by atoms with E-state index in [9.17, 15) is 25.2 Å². The summed E-state index contributed by atoms with van der Waals surface area (Å²) in [6.45, 7) is 0.350. The lowest BCUT2D eigenvalue weighted by Crippen LogP contribution is -2.27. The molecule has 2 aromatic carbocycles. The molecule has 0 saturated carbocycles. The van der Waals surface area contributed by atoms with Gasteiger partial charge < -0.3 is 25.7 Å². The van der Waals surface area contributed by atoms with E-state index in [1.807, 2.05) is 0 Å². The number of phenolic OH excluding ortho intramolecular Hbond substituents is 4. The predicted molar refractivity (Wildman–Crippen MR) is 80.0 cm³/mol. The molecule has 0 spiro atoms. The average Bonchev–Trinajstić information content (AvgIpc) is 2.48. The highest BCUT2D eigenvalue weighted by molar-refractivity contribution is 5.79. The minimum Gasteiger partial charge on any atom is -0.504 e. The van der Waals surface area contributed by atoms with E-state index < -0.39 is 0 Å². The van der Waals surface area contributed by atoms with Gasteiger partial charge in [-0.25, -0.2) is 0 Å². The number of aromatic hydroxyl groups is 4. The SMILES string of the molecule is O=C(Cc1cccc(O)c1O)NCCc1ccc(O)c(O)c1. The Morgan fingerprint density at radius 1 is 0.955 bits per heavy atom. The fourth-order valence-corrected chi connectivity index (χ4v) is 2.03. The normalized spacial score (nSPS) is 10.4. The molecule has 0 radical (unpaired) electrons. The summed E-state index contributed by atoms with van der Waals surface area (Å²) in [7, 11) is 0. The Labute approximate surface area is 127 Å². The van der Waals surface area contributed by atoms with Crippen LogP contribution in [-0.2, 0) is 17.6 Å². The molecule has 0 saturated heterocycles. The smallest absolute Gasteiger partial charge is 0.224 e. The first-order valence-corrected chi connectivity index (χ1v) is 6.74. The van der Waals surface area contributed by atoms with Gasteiger partial charge in [-0.15, -0.1) is 0 Å². The van der Waals surface area contributed by atoms with Crippen LogP contribution in [-0.4, -0.2) is 32.9 Å². The van der Waals surface area contributed by atoms with Gasteiger partial charge in [0, 0.05) is 12.1 Å². The van der Waals surface area contributed by atoms with E-state index in [0.717, 1.165) is 5.56 Å². The maximum Gasteiger partial charge on any atom is 0.224 e. The van der Waals surface area contributed by atoms with Gasteiger partial charge in [0.2, 0.25) is 5.91 Å². The molecule has 6 nitrogen and oxygen atoms in total. The number of carbonyl (C=O) groups is 1. The highest BCUT2D eigenvalue weighted by atomic mass is 16.3. The van der Waals surface area contributed by atoms with Crippen molar-refractivity contribution >= 4 is 5.91 Å². The Hall–Kier alpha value is -2.89. The maximum absolute atomic E-state index is 11.8. The molecule has 2 aromatic rings. The van der Waals surface area contributed by atoms with Crippen molar-refractivity contribution < 1.29 is 25.2 Å². The Bertz CT molecular complexity index is 684. The second-order valence-electron chi connectivity index (χ2n) is 4.88. The van der Waals surface area contributed by atoms with Crippen molar-refractivity contribution in [2.24, 2.45) is 0 Å². The first-order chi connectivity index (χ1) is 10.5. The van der Waals surface area contributed by atoms with E-state index >= 15 is 0 Å². The lowest BCUT2D eigenvalue weighted by atomic mass is 10.1. The van der Waals surface area contributed by atoms with Crippen LogP contribution in [0.3, 0.4) is 0 Å².